The summed E-state index contributed by atoms with van der Waals surface area (Å²) < 4.78 is 1.05. The van der Waals surface area contributed by atoms with Crippen molar-refractivity contribution in [1.29, 1.82) is 0 Å². The molecule has 4 rings (SSSR count). The highest BCUT2D eigenvalue weighted by molar-refractivity contribution is 7.29. The van der Waals surface area contributed by atoms with Crippen LogP contribution in [-0.4, -0.2) is 30.0 Å². The van der Waals surface area contributed by atoms with E-state index >= 15 is 0 Å². The SMILES string of the molecule is CC1CNCCC1NC(=O)c1cc2sc(Nc3ccccc3)nc2s1. The second-order valence-corrected chi connectivity index (χ2v) is 8.40. The molecule has 7 heteroatoms. The highest BCUT2D eigenvalue weighted by Crippen LogP contribution is 2.34. The van der Waals surface area contributed by atoms with Crippen molar-refractivity contribution in [3.63, 3.8) is 0 Å². The summed E-state index contributed by atoms with van der Waals surface area (Å²) in [6, 6.07) is 12.2. The smallest absolute Gasteiger partial charge is 0.261 e. The van der Waals surface area contributed by atoms with Gasteiger partial charge >= 0.3 is 0 Å². The van der Waals surface area contributed by atoms with Crippen molar-refractivity contribution in [3.05, 3.63) is 41.3 Å². The lowest BCUT2D eigenvalue weighted by atomic mass is 9.95. The Morgan fingerprint density at radius 1 is 1.28 bits per heavy atom. The van der Waals surface area contributed by atoms with Crippen LogP contribution in [0, 0.1) is 5.92 Å². The summed E-state index contributed by atoms with van der Waals surface area (Å²) in [6.07, 6.45) is 0.982. The summed E-state index contributed by atoms with van der Waals surface area (Å²) in [5, 5.41) is 10.7. The van der Waals surface area contributed by atoms with Gasteiger partial charge in [0.25, 0.3) is 5.91 Å². The molecule has 1 fully saturated rings. The summed E-state index contributed by atoms with van der Waals surface area (Å²) in [5.74, 6) is 0.477. The first kappa shape index (κ1) is 16.5. The lowest BCUT2D eigenvalue weighted by molar-refractivity contribution is 0.0918. The van der Waals surface area contributed by atoms with Crippen LogP contribution in [-0.2, 0) is 0 Å². The Morgan fingerprint density at radius 3 is 2.88 bits per heavy atom. The number of carbonyl (C=O) groups is 1. The zero-order valence-electron chi connectivity index (χ0n) is 13.9. The molecule has 1 aromatic carbocycles. The third-order valence-corrected chi connectivity index (χ3v) is 6.51. The number of thiazole rings is 1. The van der Waals surface area contributed by atoms with E-state index in [0.29, 0.717) is 5.92 Å². The van der Waals surface area contributed by atoms with Gasteiger partial charge in [0, 0.05) is 11.7 Å². The van der Waals surface area contributed by atoms with Crippen LogP contribution in [0.1, 0.15) is 23.0 Å². The number of carbonyl (C=O) groups excluding carboxylic acids is 1. The van der Waals surface area contributed by atoms with E-state index in [-0.39, 0.29) is 11.9 Å². The maximum atomic E-state index is 12.5. The molecule has 2 unspecified atom stereocenters. The van der Waals surface area contributed by atoms with E-state index in [1.807, 2.05) is 36.4 Å². The number of para-hydroxylation sites is 1. The largest absolute Gasteiger partial charge is 0.348 e. The van der Waals surface area contributed by atoms with Gasteiger partial charge in [-0.1, -0.05) is 36.5 Å². The zero-order chi connectivity index (χ0) is 17.2. The van der Waals surface area contributed by atoms with Gasteiger partial charge in [0.05, 0.1) is 9.58 Å². The van der Waals surface area contributed by atoms with Crippen LogP contribution in [0.15, 0.2) is 36.4 Å². The van der Waals surface area contributed by atoms with Crippen LogP contribution >= 0.6 is 22.7 Å². The van der Waals surface area contributed by atoms with E-state index in [9.17, 15) is 4.79 Å². The van der Waals surface area contributed by atoms with Gasteiger partial charge in [-0.3, -0.25) is 4.79 Å². The number of fused-ring (bicyclic) bond motifs is 1. The molecule has 1 saturated heterocycles. The fraction of sp³-hybridized carbons (Fsp3) is 0.333. The number of piperidine rings is 1. The van der Waals surface area contributed by atoms with Gasteiger partial charge < -0.3 is 16.0 Å². The highest BCUT2D eigenvalue weighted by atomic mass is 32.1. The lowest BCUT2D eigenvalue weighted by Crippen LogP contribution is -2.48. The van der Waals surface area contributed by atoms with Gasteiger partial charge in [-0.2, -0.15) is 0 Å². The predicted octanol–water partition coefficient (Wildman–Crippen LogP) is 3.83. The van der Waals surface area contributed by atoms with Crippen molar-refractivity contribution in [2.45, 2.75) is 19.4 Å². The van der Waals surface area contributed by atoms with Gasteiger partial charge in [0.2, 0.25) is 0 Å². The van der Waals surface area contributed by atoms with Gasteiger partial charge in [0.15, 0.2) is 5.13 Å². The summed E-state index contributed by atoms with van der Waals surface area (Å²) in [5.41, 5.74) is 1.02. The molecule has 0 saturated carbocycles. The molecule has 1 aliphatic rings. The number of amides is 1. The Kier molecular flexibility index (Phi) is 4.70. The third-order valence-electron chi connectivity index (χ3n) is 4.44. The van der Waals surface area contributed by atoms with E-state index in [0.717, 1.165) is 44.7 Å². The number of hydrogen-bond donors (Lipinski definition) is 3. The Balaban J connectivity index is 1.46. The van der Waals surface area contributed by atoms with Crippen LogP contribution in [0.4, 0.5) is 10.8 Å². The Bertz CT molecular complexity index is 842. The molecule has 2 atom stereocenters. The standard InChI is InChI=1S/C18H20N4OS2/c1-11-10-19-8-7-13(11)21-16(23)14-9-15-17(24-14)22-18(25-15)20-12-5-3-2-4-6-12/h2-6,9,11,13,19H,7-8,10H2,1H3,(H,20,22)(H,21,23). The Morgan fingerprint density at radius 2 is 2.12 bits per heavy atom. The summed E-state index contributed by atoms with van der Waals surface area (Å²) in [6.45, 7) is 4.10. The average molecular weight is 373 g/mol. The first-order valence-corrected chi connectivity index (χ1v) is 10.1. The molecule has 0 spiro atoms. The van der Waals surface area contributed by atoms with Crippen molar-refractivity contribution in [3.8, 4) is 0 Å². The van der Waals surface area contributed by atoms with Crippen molar-refractivity contribution in [2.24, 2.45) is 5.92 Å². The molecule has 3 aromatic rings. The summed E-state index contributed by atoms with van der Waals surface area (Å²) in [4.78, 5) is 18.8. The van der Waals surface area contributed by atoms with Crippen molar-refractivity contribution >= 4 is 48.9 Å². The fourth-order valence-corrected chi connectivity index (χ4v) is 5.05. The minimum Gasteiger partial charge on any atom is -0.348 e. The van der Waals surface area contributed by atoms with Crippen molar-refractivity contribution < 1.29 is 4.79 Å². The van der Waals surface area contributed by atoms with E-state index in [1.54, 1.807) is 11.3 Å². The first-order valence-electron chi connectivity index (χ1n) is 8.43. The van der Waals surface area contributed by atoms with Crippen molar-refractivity contribution in [2.75, 3.05) is 18.4 Å². The normalized spacial score (nSPS) is 20.5. The first-order chi connectivity index (χ1) is 12.2. The van der Waals surface area contributed by atoms with Gasteiger partial charge in [-0.25, -0.2) is 4.98 Å². The van der Waals surface area contributed by atoms with Gasteiger partial charge in [-0.15, -0.1) is 11.3 Å². The molecule has 1 amide bonds. The molecule has 3 N–H and O–H groups in total. The Labute approximate surface area is 154 Å². The second-order valence-electron chi connectivity index (χ2n) is 6.34. The van der Waals surface area contributed by atoms with Crippen LogP contribution in [0.3, 0.4) is 0 Å². The number of rotatable bonds is 4. The molecule has 1 aliphatic heterocycles. The minimum atomic E-state index is 0.0199. The zero-order valence-corrected chi connectivity index (χ0v) is 15.5. The summed E-state index contributed by atoms with van der Waals surface area (Å²) in [7, 11) is 0. The molecule has 2 aromatic heterocycles. The number of aromatic nitrogens is 1. The van der Waals surface area contributed by atoms with Crippen LogP contribution < -0.4 is 16.0 Å². The Hall–Kier alpha value is -1.96. The second kappa shape index (κ2) is 7.11. The molecule has 0 radical (unpaired) electrons. The lowest BCUT2D eigenvalue weighted by Gasteiger charge is -2.30. The van der Waals surface area contributed by atoms with Crippen LogP contribution in [0.25, 0.3) is 9.53 Å². The van der Waals surface area contributed by atoms with Crippen LogP contribution in [0.5, 0.6) is 0 Å². The van der Waals surface area contributed by atoms with E-state index in [2.05, 4.69) is 27.9 Å². The molecule has 130 valence electrons. The quantitative estimate of drug-likeness (QED) is 0.651. The number of thiophene rings is 1. The van der Waals surface area contributed by atoms with E-state index in [4.69, 9.17) is 0 Å². The van der Waals surface area contributed by atoms with Gasteiger partial charge in [-0.05, 0) is 43.6 Å². The maximum Gasteiger partial charge on any atom is 0.261 e. The molecule has 0 bridgehead atoms. The number of benzene rings is 1. The van der Waals surface area contributed by atoms with Crippen molar-refractivity contribution in [1.82, 2.24) is 15.6 Å². The molecular weight excluding hydrogens is 352 g/mol. The molecule has 3 heterocycles. The predicted molar refractivity (Wildman–Crippen MR) is 105 cm³/mol. The maximum absolute atomic E-state index is 12.5. The van der Waals surface area contributed by atoms with Gasteiger partial charge in [0.1, 0.15) is 4.83 Å². The fourth-order valence-electron chi connectivity index (χ4n) is 3.01. The topological polar surface area (TPSA) is 66.0 Å². The summed E-state index contributed by atoms with van der Waals surface area (Å²) >= 11 is 3.03. The van der Waals surface area contributed by atoms with E-state index in [1.165, 1.54) is 11.3 Å². The molecule has 0 aliphatic carbocycles. The monoisotopic (exact) mass is 372 g/mol. The highest BCUT2D eigenvalue weighted by Gasteiger charge is 2.24. The average Bonchev–Trinajstić information content (AvgIpc) is 3.16. The minimum absolute atomic E-state index is 0.0199. The molecular formula is C18H20N4OS2. The third kappa shape index (κ3) is 3.68. The number of nitrogens with one attached hydrogen (secondary N) is 3. The van der Waals surface area contributed by atoms with E-state index < -0.39 is 0 Å². The van der Waals surface area contributed by atoms with Crippen LogP contribution in [0.2, 0.25) is 0 Å². The molecule has 5 nitrogen and oxygen atoms in total. The number of nitrogens with zero attached hydrogens (tertiary/aromatic N) is 1. The molecule has 25 heavy (non-hydrogen) atoms. The number of hydrogen-bond acceptors (Lipinski definition) is 6. The number of anilines is 2.